The average molecular weight is 1540 g/mol. The third kappa shape index (κ3) is 63.0. The van der Waals surface area contributed by atoms with Gasteiger partial charge >= 0.3 is 41.4 Å². The summed E-state index contributed by atoms with van der Waals surface area (Å²) in [5.41, 5.74) is 0. The Morgan fingerprint density at radius 2 is 0.361 bits per heavy atom. The van der Waals surface area contributed by atoms with Crippen molar-refractivity contribution in [2.24, 2.45) is 0 Å². The maximum atomic E-state index is 14.2. The predicted octanol–water partition coefficient (Wildman–Crippen LogP) is 27.2. The summed E-state index contributed by atoms with van der Waals surface area (Å²) in [5, 5.41) is 71.6. The number of ether oxygens (including phenoxy) is 4. The van der Waals surface area contributed by atoms with E-state index in [1.54, 1.807) is 0 Å². The molecule has 0 aliphatic carbocycles. The highest BCUT2D eigenvalue weighted by Gasteiger charge is 2.77. The van der Waals surface area contributed by atoms with E-state index >= 15 is 0 Å². The highest BCUT2D eigenvalue weighted by molar-refractivity contribution is 5.74. The summed E-state index contributed by atoms with van der Waals surface area (Å²) in [5.74, 6) is -17.6. The summed E-state index contributed by atoms with van der Waals surface area (Å²) >= 11 is 0. The fourth-order valence-corrected chi connectivity index (χ4v) is 15.5. The minimum absolute atomic E-state index is 0.226. The number of hydrogen-bond donors (Lipinski definition) is 6. The van der Waals surface area contributed by atoms with Gasteiger partial charge in [0, 0.05) is 25.7 Å². The number of rotatable bonds is 89. The van der Waals surface area contributed by atoms with Gasteiger partial charge in [0.15, 0.2) is 6.10 Å². The van der Waals surface area contributed by atoms with Crippen LogP contribution in [0.1, 0.15) is 541 Å². The molecule has 14 heteroatoms. The van der Waals surface area contributed by atoms with Crippen LogP contribution in [-0.2, 0) is 38.1 Å². The molecule has 6 N–H and O–H groups in total. The van der Waals surface area contributed by atoms with Gasteiger partial charge in [0.25, 0.3) is 0 Å². The fourth-order valence-electron chi connectivity index (χ4n) is 15.5. The minimum atomic E-state index is -4.32. The lowest BCUT2D eigenvalue weighted by Crippen LogP contribution is -2.78. The molecule has 0 aromatic heterocycles. The second kappa shape index (κ2) is 79.9. The summed E-state index contributed by atoms with van der Waals surface area (Å²) < 4.78 is 22.2. The molecule has 0 aromatic rings. The largest absolute Gasteiger partial charge is 0.451 e. The van der Waals surface area contributed by atoms with Crippen molar-refractivity contribution >= 4 is 23.9 Å². The maximum absolute atomic E-state index is 14.2. The zero-order valence-corrected chi connectivity index (χ0v) is 71.9. The van der Waals surface area contributed by atoms with Crippen LogP contribution in [0.25, 0.3) is 0 Å². The molecule has 0 amide bonds. The Hall–Kier alpha value is -2.36. The van der Waals surface area contributed by atoms with Gasteiger partial charge < -0.3 is 49.6 Å². The van der Waals surface area contributed by atoms with Crippen molar-refractivity contribution in [3.63, 3.8) is 0 Å². The topological polar surface area (TPSA) is 227 Å². The molecule has 0 saturated carbocycles. The van der Waals surface area contributed by atoms with Gasteiger partial charge in [-0.25, -0.2) is 0 Å². The van der Waals surface area contributed by atoms with Gasteiger partial charge in [0.05, 0.1) is 6.61 Å². The molecule has 0 radical (unpaired) electrons. The van der Waals surface area contributed by atoms with Gasteiger partial charge in [-0.3, -0.25) is 19.2 Å². The van der Waals surface area contributed by atoms with E-state index in [4.69, 9.17) is 18.9 Å². The molecule has 0 fully saturated rings. The van der Waals surface area contributed by atoms with Crippen LogP contribution in [0.3, 0.4) is 0 Å². The van der Waals surface area contributed by atoms with E-state index in [-0.39, 0.29) is 44.9 Å². The van der Waals surface area contributed by atoms with Crippen LogP contribution in [0, 0.1) is 0 Å². The van der Waals surface area contributed by atoms with Crippen LogP contribution in [-0.4, -0.2) is 90.9 Å². The summed E-state index contributed by atoms with van der Waals surface area (Å²) in [6.45, 7) is 7.76. The second-order valence-electron chi connectivity index (χ2n) is 33.5. The Morgan fingerprint density at radius 1 is 0.222 bits per heavy atom. The molecule has 0 aliphatic heterocycles. The lowest BCUT2D eigenvalue weighted by molar-refractivity contribution is -0.513. The van der Waals surface area contributed by atoms with Crippen LogP contribution < -0.4 is 0 Å². The van der Waals surface area contributed by atoms with Gasteiger partial charge in [0.1, 0.15) is 6.10 Å². The average Bonchev–Trinajstić information content (AvgIpc) is 0.724. The molecule has 108 heavy (non-hydrogen) atoms. The number of carbonyl (C=O) groups excluding carboxylic acids is 4. The first kappa shape index (κ1) is 106. The van der Waals surface area contributed by atoms with Gasteiger partial charge in [-0.2, -0.15) is 0 Å². The monoisotopic (exact) mass is 1540 g/mol. The zero-order chi connectivity index (χ0) is 79.1. The van der Waals surface area contributed by atoms with Crippen LogP contribution in [0.5, 0.6) is 0 Å². The van der Waals surface area contributed by atoms with Gasteiger partial charge in [0.2, 0.25) is 0 Å². The van der Waals surface area contributed by atoms with E-state index < -0.39 is 66.7 Å². The number of aliphatic hydroxyl groups excluding tert-OH is 3. The molecule has 0 aromatic carbocycles. The van der Waals surface area contributed by atoms with Crippen LogP contribution in [0.15, 0.2) is 0 Å². The van der Waals surface area contributed by atoms with Crippen molar-refractivity contribution in [1.29, 1.82) is 0 Å². The van der Waals surface area contributed by atoms with E-state index in [1.807, 2.05) is 0 Å². The lowest BCUT2D eigenvalue weighted by Gasteiger charge is -2.48. The smallest absolute Gasteiger partial charge is 0.422 e. The molecule has 0 spiro atoms. The quantitative estimate of drug-likeness (QED) is 0.0144. The van der Waals surface area contributed by atoms with Gasteiger partial charge in [-0.15, -0.1) is 0 Å². The first-order valence-electron chi connectivity index (χ1n) is 47.7. The Labute approximate surface area is 667 Å². The molecule has 0 aliphatic rings. The Balaban J connectivity index is 6.22. The molecule has 0 saturated heterocycles. The van der Waals surface area contributed by atoms with E-state index in [9.17, 15) is 49.8 Å². The maximum Gasteiger partial charge on any atom is 0.451 e. The third-order valence-electron chi connectivity index (χ3n) is 22.8. The fraction of sp³-hybridized carbons (Fsp3) is 0.957. The van der Waals surface area contributed by atoms with Gasteiger partial charge in [-0.1, -0.05) is 490 Å². The first-order valence-corrected chi connectivity index (χ1v) is 47.7. The van der Waals surface area contributed by atoms with Crippen LogP contribution >= 0.6 is 0 Å². The number of carbonyl (C=O) groups is 4. The lowest BCUT2D eigenvalue weighted by atomic mass is 9.92. The number of unbranched alkanes of at least 4 members (excludes halogenated alkanes) is 72. The molecule has 4 atom stereocenters. The normalized spacial score (nSPS) is 13.5. The highest BCUT2D eigenvalue weighted by atomic mass is 16.9. The Bertz CT molecular complexity index is 1860. The molecule has 0 rings (SSSR count). The predicted molar refractivity (Wildman–Crippen MR) is 450 cm³/mol. The van der Waals surface area contributed by atoms with Crippen molar-refractivity contribution in [3.05, 3.63) is 0 Å². The van der Waals surface area contributed by atoms with E-state index in [2.05, 4.69) is 27.7 Å². The highest BCUT2D eigenvalue weighted by Crippen LogP contribution is 2.43. The van der Waals surface area contributed by atoms with Gasteiger partial charge in [-0.05, 0) is 25.7 Å². The molecule has 642 valence electrons. The Morgan fingerprint density at radius 3 is 0.519 bits per heavy atom. The van der Waals surface area contributed by atoms with Crippen LogP contribution in [0.4, 0.5) is 0 Å². The van der Waals surface area contributed by atoms with Crippen LogP contribution in [0.2, 0.25) is 0 Å². The molecule has 14 nitrogen and oxygen atoms in total. The molecule has 0 unspecified atom stereocenters. The number of aliphatic hydroxyl groups is 6. The second-order valence-corrected chi connectivity index (χ2v) is 33.5. The third-order valence-corrected chi connectivity index (χ3v) is 22.8. The van der Waals surface area contributed by atoms with Crippen molar-refractivity contribution < 1.29 is 68.8 Å². The Kier molecular flexibility index (Phi) is 78.1. The summed E-state index contributed by atoms with van der Waals surface area (Å²) in [6.07, 6.45) is 80.1. The van der Waals surface area contributed by atoms with Crippen molar-refractivity contribution in [2.45, 2.75) is 571 Å². The zero-order valence-electron chi connectivity index (χ0n) is 71.9. The van der Waals surface area contributed by atoms with E-state index in [0.29, 0.717) is 25.7 Å². The SMILES string of the molecule is CCCCCCCCCCCCCCCCCCCCCC(=O)OC(O)(OC(=O)CCCCCCCCCCCCCCCCCCCCC)[C@](O)(OC(=O)CCCCCCCCCCCCCCCCCCCCC)[C@](O)(OC(=O)CCCCCCCCCCCCCCCCCCCCC)[C@H](O)[C@@H](O)CO. The molecular formula is C94H182O14. The summed E-state index contributed by atoms with van der Waals surface area (Å²) in [7, 11) is 0. The van der Waals surface area contributed by atoms with E-state index in [0.717, 1.165) is 103 Å². The number of hydrogen-bond acceptors (Lipinski definition) is 14. The molecular weight excluding hydrogens is 1350 g/mol. The number of esters is 4. The van der Waals surface area contributed by atoms with Crippen molar-refractivity contribution in [3.8, 4) is 0 Å². The minimum Gasteiger partial charge on any atom is -0.422 e. The molecule has 0 bridgehead atoms. The first-order chi connectivity index (χ1) is 52.7. The summed E-state index contributed by atoms with van der Waals surface area (Å²) in [4.78, 5) is 56.4. The van der Waals surface area contributed by atoms with Crippen molar-refractivity contribution in [1.82, 2.24) is 0 Å². The standard InChI is InChI=1S/C94H182O14/c1-5-9-13-17-21-25-29-33-37-41-45-49-53-57-61-65-69-73-77-81-87(97)105-92(102,91(101)86(96)85-95)93(103,106-88(98)82-78-74-70-66-62-58-54-50-46-42-38-34-30-26-22-18-14-10-6-2)94(104,107-89(99)83-79-75-71-67-63-59-55-51-47-43-39-35-31-27-23-19-15-11-7-3)108-90(100)84-80-76-72-68-64-60-56-52-48-44-40-36-32-28-24-20-16-12-8-4/h86,91,95-96,101-104H,5-85H2,1-4H3/t86-,91+,92+,93+/m0/s1. The molecule has 0 heterocycles. The van der Waals surface area contributed by atoms with E-state index in [1.165, 1.54) is 334 Å². The van der Waals surface area contributed by atoms with Crippen molar-refractivity contribution in [2.75, 3.05) is 6.61 Å². The summed E-state index contributed by atoms with van der Waals surface area (Å²) in [6, 6.07) is 0.